The molecule has 3 nitrogen and oxygen atoms in total. The van der Waals surface area contributed by atoms with Gasteiger partial charge in [-0.2, -0.15) is 5.26 Å². The largest absolute Gasteiger partial charge is 0.339 e. The number of carbonyl (C=O) groups is 1. The molecule has 1 fully saturated rings. The zero-order valence-corrected chi connectivity index (χ0v) is 17.3. The van der Waals surface area contributed by atoms with Crippen molar-refractivity contribution in [2.45, 2.75) is 51.5 Å². The van der Waals surface area contributed by atoms with Crippen LogP contribution in [0, 0.1) is 17.2 Å². The van der Waals surface area contributed by atoms with Gasteiger partial charge >= 0.3 is 0 Å². The van der Waals surface area contributed by atoms with Gasteiger partial charge in [-0.05, 0) is 68.5 Å². The zero-order valence-electron chi connectivity index (χ0n) is 16.6. The molecule has 1 aliphatic rings. The normalized spacial score (nSPS) is 15.9. The highest BCUT2D eigenvalue weighted by atomic mass is 35.5. The first-order chi connectivity index (χ1) is 13.5. The number of carbonyl (C=O) groups excluding carboxylic acids is 1. The molecule has 0 spiro atoms. The van der Waals surface area contributed by atoms with E-state index in [0.29, 0.717) is 12.1 Å². The molecule has 3 rings (SSSR count). The third-order valence-electron chi connectivity index (χ3n) is 5.96. The lowest BCUT2D eigenvalue weighted by molar-refractivity contribution is -0.140. The lowest BCUT2D eigenvalue weighted by Gasteiger charge is -2.38. The Kier molecular flexibility index (Phi) is 6.75. The van der Waals surface area contributed by atoms with Crippen LogP contribution in [0.4, 0.5) is 0 Å². The van der Waals surface area contributed by atoms with Crippen LogP contribution >= 0.6 is 11.6 Å². The average molecular weight is 395 g/mol. The smallest absolute Gasteiger partial charge is 0.225 e. The number of rotatable bonds is 7. The van der Waals surface area contributed by atoms with Gasteiger partial charge in [0.15, 0.2) is 0 Å². The highest BCUT2D eigenvalue weighted by Crippen LogP contribution is 2.33. The van der Waals surface area contributed by atoms with Crippen molar-refractivity contribution in [1.29, 1.82) is 5.26 Å². The van der Waals surface area contributed by atoms with Crippen LogP contribution in [0.25, 0.3) is 0 Å². The van der Waals surface area contributed by atoms with Crippen LogP contribution in [0.5, 0.6) is 0 Å². The molecule has 1 saturated carbocycles. The maximum absolute atomic E-state index is 13.0. The minimum absolute atomic E-state index is 0.0442. The van der Waals surface area contributed by atoms with E-state index in [4.69, 9.17) is 11.6 Å². The summed E-state index contributed by atoms with van der Waals surface area (Å²) in [5.74, 6) is 0.571. The van der Waals surface area contributed by atoms with E-state index in [-0.39, 0.29) is 23.8 Å². The van der Waals surface area contributed by atoms with E-state index >= 15 is 0 Å². The molecule has 1 amide bonds. The summed E-state index contributed by atoms with van der Waals surface area (Å²) in [6, 6.07) is 18.0. The van der Waals surface area contributed by atoms with Gasteiger partial charge in [-0.25, -0.2) is 0 Å². The van der Waals surface area contributed by atoms with Gasteiger partial charge < -0.3 is 4.90 Å². The van der Waals surface area contributed by atoms with Crippen molar-refractivity contribution in [3.63, 3.8) is 0 Å². The van der Waals surface area contributed by atoms with Gasteiger partial charge in [0, 0.05) is 29.4 Å². The fraction of sp³-hybridized carbons (Fsp3) is 0.417. The van der Waals surface area contributed by atoms with Crippen LogP contribution < -0.4 is 0 Å². The molecule has 28 heavy (non-hydrogen) atoms. The maximum atomic E-state index is 13.0. The van der Waals surface area contributed by atoms with Crippen molar-refractivity contribution in [1.82, 2.24) is 4.90 Å². The van der Waals surface area contributed by atoms with Gasteiger partial charge in [0.2, 0.25) is 5.91 Å². The molecular weight excluding hydrogens is 368 g/mol. The summed E-state index contributed by atoms with van der Waals surface area (Å²) >= 11 is 6.05. The quantitative estimate of drug-likeness (QED) is 0.615. The first-order valence-electron chi connectivity index (χ1n) is 10.1. The summed E-state index contributed by atoms with van der Waals surface area (Å²) < 4.78 is 0. The van der Waals surface area contributed by atoms with Gasteiger partial charge in [0.05, 0.1) is 11.6 Å². The van der Waals surface area contributed by atoms with Crippen LogP contribution in [0.3, 0.4) is 0 Å². The monoisotopic (exact) mass is 394 g/mol. The summed E-state index contributed by atoms with van der Waals surface area (Å²) in [5.41, 5.74) is 2.93. The molecule has 0 N–H and O–H groups in total. The second-order valence-corrected chi connectivity index (χ2v) is 8.10. The predicted octanol–water partition coefficient (Wildman–Crippen LogP) is 5.58. The van der Waals surface area contributed by atoms with Gasteiger partial charge in [-0.3, -0.25) is 4.79 Å². The highest BCUT2D eigenvalue weighted by molar-refractivity contribution is 6.30. The Morgan fingerprint density at radius 1 is 1.25 bits per heavy atom. The van der Waals surface area contributed by atoms with Crippen molar-refractivity contribution in [3.8, 4) is 6.07 Å². The Bertz CT molecular complexity index is 852. The van der Waals surface area contributed by atoms with E-state index in [2.05, 4.69) is 26.0 Å². The van der Waals surface area contributed by atoms with Crippen LogP contribution in [0.1, 0.15) is 55.7 Å². The van der Waals surface area contributed by atoms with E-state index in [0.717, 1.165) is 36.3 Å². The first-order valence-corrected chi connectivity index (χ1v) is 10.5. The third kappa shape index (κ3) is 4.56. The molecule has 0 bridgehead atoms. The van der Waals surface area contributed by atoms with Gasteiger partial charge in [0.1, 0.15) is 0 Å². The van der Waals surface area contributed by atoms with Crippen LogP contribution in [0.15, 0.2) is 48.5 Å². The van der Waals surface area contributed by atoms with Crippen molar-refractivity contribution < 1.29 is 4.79 Å². The molecule has 0 aliphatic heterocycles. The Morgan fingerprint density at radius 3 is 2.54 bits per heavy atom. The molecule has 0 radical (unpaired) electrons. The number of halogens is 1. The van der Waals surface area contributed by atoms with E-state index < -0.39 is 0 Å². The standard InChI is InChI=1S/C24H27ClN2O/c1-3-27(24(28)20-7-5-8-20)17(2)23(15-18-10-12-22(25)13-11-18)21-9-4-6-19(14-21)16-26/h4,6,9-14,17,20,23H,3,5,7-8,15H2,1-2H3/t17?,23-/m1/s1. The third-order valence-corrected chi connectivity index (χ3v) is 6.22. The summed E-state index contributed by atoms with van der Waals surface area (Å²) in [6.07, 6.45) is 3.96. The molecule has 1 aliphatic carbocycles. The van der Waals surface area contributed by atoms with Crippen LogP contribution in [-0.2, 0) is 11.2 Å². The number of hydrogen-bond donors (Lipinski definition) is 0. The van der Waals surface area contributed by atoms with Crippen LogP contribution in [0.2, 0.25) is 5.02 Å². The zero-order chi connectivity index (χ0) is 20.1. The van der Waals surface area contributed by atoms with Crippen molar-refractivity contribution in [3.05, 3.63) is 70.2 Å². The maximum Gasteiger partial charge on any atom is 0.225 e. The number of benzene rings is 2. The van der Waals surface area contributed by atoms with Gasteiger partial charge in [-0.1, -0.05) is 42.3 Å². The summed E-state index contributed by atoms with van der Waals surface area (Å²) in [6.45, 7) is 4.89. The molecule has 0 aromatic heterocycles. The minimum Gasteiger partial charge on any atom is -0.339 e. The Labute approximate surface area is 172 Å². The number of likely N-dealkylation sites (N-methyl/N-ethyl adjacent to an activating group) is 1. The van der Waals surface area contributed by atoms with E-state index in [1.54, 1.807) is 0 Å². The Hall–Kier alpha value is -2.31. The summed E-state index contributed by atoms with van der Waals surface area (Å²) in [7, 11) is 0. The lowest BCUT2D eigenvalue weighted by atomic mass is 9.81. The highest BCUT2D eigenvalue weighted by Gasteiger charge is 2.34. The van der Waals surface area contributed by atoms with E-state index in [1.807, 2.05) is 47.4 Å². The molecule has 4 heteroatoms. The van der Waals surface area contributed by atoms with Gasteiger partial charge in [-0.15, -0.1) is 0 Å². The van der Waals surface area contributed by atoms with Crippen LogP contribution in [-0.4, -0.2) is 23.4 Å². The number of nitrogens with zero attached hydrogens (tertiary/aromatic N) is 2. The molecule has 2 atom stereocenters. The van der Waals surface area contributed by atoms with Crippen molar-refractivity contribution in [2.75, 3.05) is 6.54 Å². The minimum atomic E-state index is 0.0442. The number of hydrogen-bond acceptors (Lipinski definition) is 2. The molecule has 2 aromatic carbocycles. The summed E-state index contributed by atoms with van der Waals surface area (Å²) in [5, 5.41) is 10.0. The molecule has 146 valence electrons. The van der Waals surface area contributed by atoms with Crippen molar-refractivity contribution >= 4 is 17.5 Å². The number of nitriles is 1. The summed E-state index contributed by atoms with van der Waals surface area (Å²) in [4.78, 5) is 15.0. The Balaban J connectivity index is 1.92. The van der Waals surface area contributed by atoms with Gasteiger partial charge in [0.25, 0.3) is 0 Å². The Morgan fingerprint density at radius 2 is 1.96 bits per heavy atom. The average Bonchev–Trinajstić information content (AvgIpc) is 2.66. The molecule has 0 saturated heterocycles. The predicted molar refractivity (Wildman–Crippen MR) is 113 cm³/mol. The van der Waals surface area contributed by atoms with E-state index in [9.17, 15) is 10.1 Å². The fourth-order valence-corrected chi connectivity index (χ4v) is 4.16. The SMILES string of the molecule is CCN(C(=O)C1CCC1)C(C)[C@@H](Cc1ccc(Cl)cc1)c1cccc(C#N)c1. The lowest BCUT2D eigenvalue weighted by Crippen LogP contribution is -2.46. The molecule has 0 heterocycles. The molecule has 1 unspecified atom stereocenters. The molecular formula is C24H27ClN2O. The second-order valence-electron chi connectivity index (χ2n) is 7.67. The van der Waals surface area contributed by atoms with Crippen molar-refractivity contribution in [2.24, 2.45) is 5.92 Å². The fourth-order valence-electron chi connectivity index (χ4n) is 4.03. The second kappa shape index (κ2) is 9.26. The molecule has 2 aromatic rings. The topological polar surface area (TPSA) is 44.1 Å². The number of amides is 1. The van der Waals surface area contributed by atoms with E-state index in [1.165, 1.54) is 5.56 Å². The first kappa shape index (κ1) is 20.4.